The fraction of sp³-hybridized carbons (Fsp3) is 0.583. The van der Waals surface area contributed by atoms with Crippen LogP contribution in [-0.4, -0.2) is 27.4 Å². The average molecular weight is 408 g/mol. The fourth-order valence-corrected chi connectivity index (χ4v) is 6.63. The highest BCUT2D eigenvalue weighted by Gasteiger charge is 2.55. The van der Waals surface area contributed by atoms with Gasteiger partial charge in [0.15, 0.2) is 11.9 Å². The summed E-state index contributed by atoms with van der Waals surface area (Å²) in [5.41, 5.74) is 0.190. The Hall–Kier alpha value is -2.50. The van der Waals surface area contributed by atoms with Crippen molar-refractivity contribution >= 4 is 22.7 Å². The predicted molar refractivity (Wildman–Crippen MR) is 112 cm³/mol. The summed E-state index contributed by atoms with van der Waals surface area (Å²) in [5.74, 6) is 1.70. The Kier molecular flexibility index (Phi) is 4.75. The summed E-state index contributed by atoms with van der Waals surface area (Å²) in [4.78, 5) is 42.5. The third-order valence-electron chi connectivity index (χ3n) is 7.53. The molecule has 1 heterocycles. The van der Waals surface area contributed by atoms with Crippen molar-refractivity contribution in [2.24, 2.45) is 23.2 Å². The molecule has 4 aliphatic carbocycles. The smallest absolute Gasteiger partial charge is 0.308 e. The van der Waals surface area contributed by atoms with Gasteiger partial charge in [-0.1, -0.05) is 12.1 Å². The number of aromatic nitrogens is 2. The zero-order chi connectivity index (χ0) is 20.9. The molecule has 6 heteroatoms. The van der Waals surface area contributed by atoms with Crippen LogP contribution < -0.4 is 5.56 Å². The van der Waals surface area contributed by atoms with Gasteiger partial charge in [0.1, 0.15) is 0 Å². The summed E-state index contributed by atoms with van der Waals surface area (Å²) in [6.45, 7) is 1.90. The third-order valence-corrected chi connectivity index (χ3v) is 7.53. The molecule has 6 nitrogen and oxygen atoms in total. The molecule has 30 heavy (non-hydrogen) atoms. The second kappa shape index (κ2) is 7.33. The molecule has 1 atom stereocenters. The summed E-state index contributed by atoms with van der Waals surface area (Å²) in [7, 11) is 0. The number of carbonyl (C=O) groups is 2. The molecule has 2 aromatic rings. The number of ether oxygens (including phenoxy) is 1. The molecule has 0 saturated heterocycles. The molecule has 0 amide bonds. The van der Waals surface area contributed by atoms with E-state index in [4.69, 9.17) is 4.74 Å². The van der Waals surface area contributed by atoms with E-state index in [0.29, 0.717) is 28.7 Å². The van der Waals surface area contributed by atoms with Gasteiger partial charge < -0.3 is 4.74 Å². The van der Waals surface area contributed by atoms with Crippen molar-refractivity contribution in [1.29, 1.82) is 0 Å². The van der Waals surface area contributed by atoms with Crippen molar-refractivity contribution in [2.75, 3.05) is 0 Å². The van der Waals surface area contributed by atoms with Crippen LogP contribution in [0.4, 0.5) is 0 Å². The van der Waals surface area contributed by atoms with Gasteiger partial charge in [0, 0.05) is 12.0 Å². The topological polar surface area (TPSA) is 78.3 Å². The highest BCUT2D eigenvalue weighted by molar-refractivity contribution is 5.90. The first-order valence-electron chi connectivity index (χ1n) is 11.1. The maximum absolute atomic E-state index is 13.3. The number of esters is 1. The molecule has 158 valence electrons. The number of Topliss-reactive ketones (excluding diaryl/α,β-unsaturated/α-hetero) is 1. The Morgan fingerprint density at radius 2 is 1.77 bits per heavy atom. The van der Waals surface area contributed by atoms with Gasteiger partial charge in [-0.25, -0.2) is 4.98 Å². The lowest BCUT2D eigenvalue weighted by Crippen LogP contribution is -2.52. The SMILES string of the molecule is C[C@H](OC(=O)CCn1cnc2ccccc2c1=O)C(=O)C12CC3CC(CC(C3)C1)C2. The lowest BCUT2D eigenvalue weighted by molar-refractivity contribution is -0.165. The van der Waals surface area contributed by atoms with Crippen molar-refractivity contribution in [3.05, 3.63) is 40.9 Å². The van der Waals surface area contributed by atoms with Crippen LogP contribution in [0.15, 0.2) is 35.4 Å². The second-order valence-electron chi connectivity index (χ2n) is 9.70. The quantitative estimate of drug-likeness (QED) is 0.684. The standard InChI is InChI=1S/C24H28N2O4/c1-15(22(28)24-11-16-8-17(12-24)10-18(9-16)13-24)30-21(27)6-7-26-14-25-20-5-3-2-4-19(20)23(26)29/h2-5,14-18H,6-13H2,1H3/t15-,16?,17?,18?,24?/m0/s1. The maximum Gasteiger partial charge on any atom is 0.308 e. The number of ketones is 1. The van der Waals surface area contributed by atoms with Crippen molar-refractivity contribution in [2.45, 2.75) is 64.5 Å². The first-order valence-corrected chi connectivity index (χ1v) is 11.1. The highest BCUT2D eigenvalue weighted by atomic mass is 16.5. The monoisotopic (exact) mass is 408 g/mol. The number of para-hydroxylation sites is 1. The first kappa shape index (κ1) is 19.5. The Morgan fingerprint density at radius 1 is 1.13 bits per heavy atom. The van der Waals surface area contributed by atoms with E-state index in [1.807, 2.05) is 6.07 Å². The zero-order valence-corrected chi connectivity index (χ0v) is 17.4. The first-order chi connectivity index (χ1) is 14.4. The van der Waals surface area contributed by atoms with Crippen LogP contribution in [-0.2, 0) is 20.9 Å². The molecule has 6 rings (SSSR count). The molecule has 4 fully saturated rings. The molecular formula is C24H28N2O4. The molecule has 0 radical (unpaired) electrons. The molecule has 0 N–H and O–H groups in total. The number of fused-ring (bicyclic) bond motifs is 1. The minimum absolute atomic E-state index is 0.0401. The minimum Gasteiger partial charge on any atom is -0.455 e. The van der Waals surface area contributed by atoms with Crippen molar-refractivity contribution in [3.63, 3.8) is 0 Å². The Labute approximate surface area is 175 Å². The van der Waals surface area contributed by atoms with Crippen LogP contribution in [0.1, 0.15) is 51.9 Å². The molecular weight excluding hydrogens is 380 g/mol. The van der Waals surface area contributed by atoms with E-state index < -0.39 is 12.1 Å². The van der Waals surface area contributed by atoms with E-state index in [1.54, 1.807) is 25.1 Å². The molecule has 0 aliphatic heterocycles. The summed E-state index contributed by atoms with van der Waals surface area (Å²) in [5, 5.41) is 0.527. The summed E-state index contributed by atoms with van der Waals surface area (Å²) >= 11 is 0. The van der Waals surface area contributed by atoms with Gasteiger partial charge in [0.2, 0.25) is 0 Å². The number of hydrogen-bond acceptors (Lipinski definition) is 5. The zero-order valence-electron chi connectivity index (χ0n) is 17.4. The van der Waals surface area contributed by atoms with E-state index in [0.717, 1.165) is 19.3 Å². The van der Waals surface area contributed by atoms with Crippen LogP contribution in [0, 0.1) is 23.2 Å². The van der Waals surface area contributed by atoms with E-state index in [-0.39, 0.29) is 29.7 Å². The summed E-state index contributed by atoms with van der Waals surface area (Å²) < 4.78 is 6.95. The summed E-state index contributed by atoms with van der Waals surface area (Å²) in [6, 6.07) is 7.14. The van der Waals surface area contributed by atoms with Gasteiger partial charge in [-0.15, -0.1) is 0 Å². The Bertz CT molecular complexity index is 1020. The predicted octanol–water partition coefficient (Wildman–Crippen LogP) is 3.50. The van der Waals surface area contributed by atoms with Gasteiger partial charge in [-0.05, 0) is 75.3 Å². The Morgan fingerprint density at radius 3 is 2.43 bits per heavy atom. The number of aryl methyl sites for hydroxylation is 1. The molecule has 4 saturated carbocycles. The number of rotatable bonds is 6. The highest BCUT2D eigenvalue weighted by Crippen LogP contribution is 2.60. The molecule has 0 unspecified atom stereocenters. The second-order valence-corrected chi connectivity index (χ2v) is 9.70. The van der Waals surface area contributed by atoms with Gasteiger partial charge in [-0.2, -0.15) is 0 Å². The van der Waals surface area contributed by atoms with Crippen LogP contribution in [0.25, 0.3) is 10.9 Å². The van der Waals surface area contributed by atoms with Crippen molar-refractivity contribution in [3.8, 4) is 0 Å². The van der Waals surface area contributed by atoms with Gasteiger partial charge >= 0.3 is 5.97 Å². The van der Waals surface area contributed by atoms with Crippen molar-refractivity contribution < 1.29 is 14.3 Å². The largest absolute Gasteiger partial charge is 0.455 e. The van der Waals surface area contributed by atoms with Gasteiger partial charge in [0.25, 0.3) is 5.56 Å². The molecule has 4 bridgehead atoms. The normalized spacial score (nSPS) is 30.4. The van der Waals surface area contributed by atoms with Crippen LogP contribution in [0.5, 0.6) is 0 Å². The lowest BCUT2D eigenvalue weighted by Gasteiger charge is -2.56. The van der Waals surface area contributed by atoms with E-state index in [1.165, 1.54) is 30.2 Å². The maximum atomic E-state index is 13.3. The van der Waals surface area contributed by atoms with Gasteiger partial charge in [-0.3, -0.25) is 19.0 Å². The van der Waals surface area contributed by atoms with E-state index in [9.17, 15) is 14.4 Å². The van der Waals surface area contributed by atoms with E-state index >= 15 is 0 Å². The number of benzene rings is 1. The van der Waals surface area contributed by atoms with Crippen LogP contribution >= 0.6 is 0 Å². The number of hydrogen-bond donors (Lipinski definition) is 0. The molecule has 1 aromatic heterocycles. The molecule has 4 aliphatic rings. The van der Waals surface area contributed by atoms with Crippen molar-refractivity contribution in [1.82, 2.24) is 9.55 Å². The van der Waals surface area contributed by atoms with Crippen LogP contribution in [0.3, 0.4) is 0 Å². The number of carbonyl (C=O) groups excluding carboxylic acids is 2. The summed E-state index contributed by atoms with van der Waals surface area (Å²) in [6.07, 6.45) is 7.51. The minimum atomic E-state index is -0.722. The third kappa shape index (κ3) is 3.36. The average Bonchev–Trinajstić information content (AvgIpc) is 2.72. The Balaban J connectivity index is 1.21. The lowest BCUT2D eigenvalue weighted by atomic mass is 9.48. The molecule has 0 spiro atoms. The fourth-order valence-electron chi connectivity index (χ4n) is 6.63. The van der Waals surface area contributed by atoms with Crippen LogP contribution in [0.2, 0.25) is 0 Å². The van der Waals surface area contributed by atoms with Gasteiger partial charge in [0.05, 0.1) is 23.7 Å². The molecule has 1 aromatic carbocycles. The number of nitrogens with zero attached hydrogens (tertiary/aromatic N) is 2. The van der Waals surface area contributed by atoms with E-state index in [2.05, 4.69) is 4.98 Å².